The number of imidazole rings is 1. The van der Waals surface area contributed by atoms with Crippen LogP contribution in [0.15, 0.2) is 54.6 Å². The zero-order valence-electron chi connectivity index (χ0n) is 24.3. The second kappa shape index (κ2) is 11.3. The highest BCUT2D eigenvalue weighted by Gasteiger charge is 2.45. The van der Waals surface area contributed by atoms with Crippen LogP contribution in [0.1, 0.15) is 42.8 Å². The number of aromatic amines is 1. The number of H-pyrrole nitrogens is 1. The molecule has 1 aliphatic heterocycles. The number of hydrogen-bond acceptors (Lipinski definition) is 6. The molecule has 3 aromatic carbocycles. The molecule has 1 fully saturated rings. The number of fused-ring (bicyclic) bond motifs is 4. The van der Waals surface area contributed by atoms with Crippen LogP contribution >= 0.6 is 0 Å². The number of amides is 3. The topological polar surface area (TPSA) is 126 Å². The minimum atomic E-state index is -3.23. The molecule has 228 valence electrons. The monoisotopic (exact) mass is 603 g/mol. The van der Waals surface area contributed by atoms with Crippen molar-refractivity contribution in [3.63, 3.8) is 0 Å². The Labute approximate surface area is 251 Å². The molecular formula is C32H31F2N5O5. The predicted molar refractivity (Wildman–Crippen MR) is 159 cm³/mol. The van der Waals surface area contributed by atoms with Gasteiger partial charge in [-0.1, -0.05) is 24.3 Å². The zero-order valence-corrected chi connectivity index (χ0v) is 24.3. The number of carbonyl (C=O) groups excluding carboxylic acids is 3. The Balaban J connectivity index is 1.29. The van der Waals surface area contributed by atoms with Crippen LogP contribution < -0.4 is 10.6 Å². The molecule has 0 radical (unpaired) electrons. The maximum atomic E-state index is 15.6. The van der Waals surface area contributed by atoms with Gasteiger partial charge in [-0.3, -0.25) is 9.59 Å². The van der Waals surface area contributed by atoms with Gasteiger partial charge in [0.2, 0.25) is 12.3 Å². The van der Waals surface area contributed by atoms with E-state index in [1.807, 2.05) is 24.3 Å². The van der Waals surface area contributed by atoms with Crippen LogP contribution in [0.4, 0.5) is 19.3 Å². The molecule has 0 spiro atoms. The van der Waals surface area contributed by atoms with Crippen molar-refractivity contribution in [1.29, 1.82) is 0 Å². The molecule has 3 atom stereocenters. The van der Waals surface area contributed by atoms with Crippen LogP contribution in [-0.4, -0.2) is 66.2 Å². The number of carbonyl (C=O) groups is 3. The molecule has 1 saturated heterocycles. The van der Waals surface area contributed by atoms with Crippen molar-refractivity contribution < 1.29 is 32.6 Å². The summed E-state index contributed by atoms with van der Waals surface area (Å²) >= 11 is 0. The Bertz CT molecular complexity index is 1770. The number of nitrogens with one attached hydrogen (secondary N) is 3. The molecule has 3 unspecified atom stereocenters. The highest BCUT2D eigenvalue weighted by Crippen LogP contribution is 2.52. The first-order chi connectivity index (χ1) is 21.2. The van der Waals surface area contributed by atoms with Gasteiger partial charge in [0.05, 0.1) is 30.3 Å². The Kier molecular flexibility index (Phi) is 7.54. The summed E-state index contributed by atoms with van der Waals surface area (Å²) in [6.07, 6.45) is 0.564. The lowest BCUT2D eigenvalue weighted by Gasteiger charge is -2.30. The Morgan fingerprint density at radius 3 is 2.50 bits per heavy atom. The van der Waals surface area contributed by atoms with Gasteiger partial charge in [-0.2, -0.15) is 8.78 Å². The van der Waals surface area contributed by atoms with Gasteiger partial charge >= 0.3 is 6.09 Å². The molecule has 6 rings (SSSR count). The molecule has 0 bridgehead atoms. The average molecular weight is 604 g/mol. The van der Waals surface area contributed by atoms with Crippen molar-refractivity contribution in [2.75, 3.05) is 26.1 Å². The van der Waals surface area contributed by atoms with Crippen LogP contribution in [0, 0.1) is 0 Å². The van der Waals surface area contributed by atoms with Crippen LogP contribution in [0.5, 0.6) is 0 Å². The Morgan fingerprint density at radius 2 is 1.77 bits per heavy atom. The van der Waals surface area contributed by atoms with Crippen molar-refractivity contribution in [2.45, 2.75) is 43.9 Å². The average Bonchev–Trinajstić information content (AvgIpc) is 3.74. The van der Waals surface area contributed by atoms with E-state index in [9.17, 15) is 14.4 Å². The van der Waals surface area contributed by atoms with E-state index >= 15 is 8.78 Å². The molecule has 4 aromatic rings. The molecule has 12 heteroatoms. The molecule has 3 N–H and O–H groups in total. The summed E-state index contributed by atoms with van der Waals surface area (Å²) in [5.41, 5.74) is 3.65. The van der Waals surface area contributed by atoms with Gasteiger partial charge in [-0.15, -0.1) is 0 Å². The third-order valence-corrected chi connectivity index (χ3v) is 8.48. The summed E-state index contributed by atoms with van der Waals surface area (Å²) < 4.78 is 41.2. The molecule has 1 aliphatic carbocycles. The van der Waals surface area contributed by atoms with Crippen LogP contribution in [-0.2, 0) is 25.0 Å². The number of ether oxygens (including phenoxy) is 2. The number of likely N-dealkylation sites (tertiary alicyclic amines) is 1. The normalized spacial score (nSPS) is 17.9. The summed E-state index contributed by atoms with van der Waals surface area (Å²) in [5, 5.41) is 5.01. The molecule has 3 amide bonds. The minimum absolute atomic E-state index is 0.0980. The highest BCUT2D eigenvalue weighted by atomic mass is 19.3. The number of hydrogen-bond donors (Lipinski definition) is 3. The molecular weight excluding hydrogens is 572 g/mol. The molecule has 0 saturated carbocycles. The third kappa shape index (κ3) is 4.94. The second-order valence-corrected chi connectivity index (χ2v) is 11.0. The number of methoxy groups -OCH3 is 2. The smallest absolute Gasteiger partial charge is 0.407 e. The molecule has 10 nitrogen and oxygen atoms in total. The van der Waals surface area contributed by atoms with E-state index in [-0.39, 0.29) is 23.1 Å². The van der Waals surface area contributed by atoms with Crippen LogP contribution in [0.25, 0.3) is 33.3 Å². The fourth-order valence-electron chi connectivity index (χ4n) is 6.12. The first kappa shape index (κ1) is 29.2. The fourth-order valence-corrected chi connectivity index (χ4v) is 6.12. The molecule has 44 heavy (non-hydrogen) atoms. The van der Waals surface area contributed by atoms with Gasteiger partial charge in [0.1, 0.15) is 11.9 Å². The van der Waals surface area contributed by atoms with Gasteiger partial charge < -0.3 is 30.0 Å². The van der Waals surface area contributed by atoms with Gasteiger partial charge in [0.15, 0.2) is 0 Å². The predicted octanol–water partition coefficient (Wildman–Crippen LogP) is 5.34. The van der Waals surface area contributed by atoms with E-state index in [2.05, 4.69) is 15.6 Å². The Hall–Kier alpha value is -4.84. The summed E-state index contributed by atoms with van der Waals surface area (Å²) in [4.78, 5) is 46.1. The largest absolute Gasteiger partial charge is 0.453 e. The van der Waals surface area contributed by atoms with Crippen molar-refractivity contribution in [2.24, 2.45) is 0 Å². The fraction of sp³-hybridized carbons (Fsp3) is 0.312. The van der Waals surface area contributed by atoms with Crippen molar-refractivity contribution in [3.8, 4) is 22.3 Å². The van der Waals surface area contributed by atoms with Crippen LogP contribution in [0.2, 0.25) is 0 Å². The zero-order chi connectivity index (χ0) is 31.2. The number of alkyl halides is 2. The van der Waals surface area contributed by atoms with E-state index in [0.29, 0.717) is 58.6 Å². The molecule has 2 aliphatic rings. The van der Waals surface area contributed by atoms with E-state index in [0.717, 1.165) is 12.0 Å². The molecule has 1 aromatic heterocycles. The second-order valence-electron chi connectivity index (χ2n) is 11.0. The maximum Gasteiger partial charge on any atom is 0.407 e. The standard InChI is InChI=1S/C32H31F2N5O5/c1-17(43-2)28(38-31(42)44-3)30(41)39-12-4-5-27(39)29-36-25-11-7-19(14-26(25)37-29)18-6-9-21-22-10-8-20(35-16-40)15-24(22)32(33,34)23(21)13-18/h6-11,13-17,27-28H,4-5,12H2,1-3H3,(H,35,40)(H,36,37)(H,38,42). The first-order valence-corrected chi connectivity index (χ1v) is 14.2. The lowest BCUT2D eigenvalue weighted by Crippen LogP contribution is -2.54. The number of benzene rings is 3. The van der Waals surface area contributed by atoms with Gasteiger partial charge in [-0.05, 0) is 72.4 Å². The first-order valence-electron chi connectivity index (χ1n) is 14.2. The number of nitrogens with zero attached hydrogens (tertiary/aromatic N) is 2. The van der Waals surface area contributed by atoms with E-state index in [1.54, 1.807) is 30.0 Å². The Morgan fingerprint density at radius 1 is 1.07 bits per heavy atom. The van der Waals surface area contributed by atoms with Crippen molar-refractivity contribution in [1.82, 2.24) is 20.2 Å². The van der Waals surface area contributed by atoms with Crippen molar-refractivity contribution >= 4 is 35.1 Å². The SMILES string of the molecule is COC(=O)NC(C(=O)N1CCCC1c1nc2ccc(-c3ccc4c(c3)C(F)(F)c3cc(NC=O)ccc3-4)cc2[nH]1)C(C)OC. The number of halogens is 2. The lowest BCUT2D eigenvalue weighted by atomic mass is 9.98. The van der Waals surface area contributed by atoms with E-state index in [1.165, 1.54) is 26.4 Å². The van der Waals surface area contributed by atoms with E-state index in [4.69, 9.17) is 14.5 Å². The number of anilines is 1. The summed E-state index contributed by atoms with van der Waals surface area (Å²) in [7, 11) is 2.69. The lowest BCUT2D eigenvalue weighted by molar-refractivity contribution is -0.137. The van der Waals surface area contributed by atoms with Crippen LogP contribution in [0.3, 0.4) is 0 Å². The van der Waals surface area contributed by atoms with Crippen molar-refractivity contribution in [3.05, 3.63) is 71.5 Å². The molecule has 2 heterocycles. The summed E-state index contributed by atoms with van der Waals surface area (Å²) in [6, 6.07) is 13.7. The summed E-state index contributed by atoms with van der Waals surface area (Å²) in [5.74, 6) is -2.94. The summed E-state index contributed by atoms with van der Waals surface area (Å²) in [6.45, 7) is 2.18. The van der Waals surface area contributed by atoms with Gasteiger partial charge in [0, 0.05) is 30.5 Å². The van der Waals surface area contributed by atoms with Gasteiger partial charge in [-0.25, -0.2) is 9.78 Å². The number of alkyl carbamates (subject to hydrolysis) is 1. The quantitative estimate of drug-likeness (QED) is 0.234. The highest BCUT2D eigenvalue weighted by molar-refractivity contribution is 5.88. The van der Waals surface area contributed by atoms with Gasteiger partial charge in [0.25, 0.3) is 5.92 Å². The minimum Gasteiger partial charge on any atom is -0.453 e. The maximum absolute atomic E-state index is 15.6. The number of rotatable bonds is 8. The number of aromatic nitrogens is 2. The van der Waals surface area contributed by atoms with E-state index < -0.39 is 24.2 Å². The third-order valence-electron chi connectivity index (χ3n) is 8.48.